The summed E-state index contributed by atoms with van der Waals surface area (Å²) in [5.41, 5.74) is 1.49. The molecule has 12 heteroatoms. The van der Waals surface area contributed by atoms with Gasteiger partial charge in [0.05, 0.1) is 26.7 Å². The molecule has 5 rings (SSSR count). The number of carbonyl (C=O) groups excluding carboxylic acids is 2. The number of aromatic nitrogens is 1. The van der Waals surface area contributed by atoms with Crippen molar-refractivity contribution >= 4 is 102 Å². The van der Waals surface area contributed by atoms with Gasteiger partial charge in [0.25, 0.3) is 5.91 Å². The molecule has 4 aromatic rings. The molecular weight excluding hydrogens is 591 g/mol. The number of benzene rings is 3. The molecule has 5 nitrogen and oxygen atoms in total. The van der Waals surface area contributed by atoms with Crippen LogP contribution in [0.5, 0.6) is 0 Å². The molecule has 1 aromatic heterocycles. The molecule has 2 unspecified atom stereocenters. The molecule has 3 aromatic carbocycles. The van der Waals surface area contributed by atoms with Crippen LogP contribution in [0.4, 0.5) is 15.2 Å². The Morgan fingerprint density at radius 1 is 0.944 bits per heavy atom. The van der Waals surface area contributed by atoms with Crippen LogP contribution in [-0.4, -0.2) is 21.1 Å². The fourth-order valence-electron chi connectivity index (χ4n) is 3.94. The van der Waals surface area contributed by atoms with Crippen LogP contribution >= 0.6 is 69.3 Å². The molecule has 0 saturated heterocycles. The molecular formula is C24H13Cl5FN3O2S. The molecule has 1 saturated carbocycles. The predicted octanol–water partition coefficient (Wildman–Crippen LogP) is 8.17. The fourth-order valence-corrected chi connectivity index (χ4v) is 6.35. The van der Waals surface area contributed by atoms with E-state index in [9.17, 15) is 14.0 Å². The van der Waals surface area contributed by atoms with E-state index in [-0.39, 0.29) is 15.7 Å². The number of fused-ring (bicyclic) bond motifs is 1. The number of halogens is 6. The Bertz CT molecular complexity index is 1520. The predicted molar refractivity (Wildman–Crippen MR) is 145 cm³/mol. The Morgan fingerprint density at radius 2 is 1.67 bits per heavy atom. The number of amides is 2. The van der Waals surface area contributed by atoms with Gasteiger partial charge in [0.2, 0.25) is 5.91 Å². The first-order valence-electron chi connectivity index (χ1n) is 10.3. The molecule has 1 fully saturated rings. The van der Waals surface area contributed by atoms with Crippen LogP contribution in [0.25, 0.3) is 10.2 Å². The lowest BCUT2D eigenvalue weighted by Gasteiger charge is -2.09. The average Bonchev–Trinajstić information content (AvgIpc) is 3.16. The van der Waals surface area contributed by atoms with E-state index >= 15 is 0 Å². The first kappa shape index (κ1) is 25.5. The number of rotatable bonds is 5. The third kappa shape index (κ3) is 5.01. The van der Waals surface area contributed by atoms with Gasteiger partial charge in [0.15, 0.2) is 5.13 Å². The smallest absolute Gasteiger partial charge is 0.259 e. The van der Waals surface area contributed by atoms with Gasteiger partial charge in [-0.15, -0.1) is 23.2 Å². The van der Waals surface area contributed by atoms with E-state index in [1.165, 1.54) is 35.6 Å². The fraction of sp³-hybridized carbons (Fsp3) is 0.125. The second kappa shape index (κ2) is 9.63. The summed E-state index contributed by atoms with van der Waals surface area (Å²) in [7, 11) is 0. The average molecular weight is 604 g/mol. The summed E-state index contributed by atoms with van der Waals surface area (Å²) in [4.78, 5) is 30.1. The maximum atomic E-state index is 13.4. The van der Waals surface area contributed by atoms with Crippen molar-refractivity contribution in [2.45, 2.75) is 10.3 Å². The highest BCUT2D eigenvalue weighted by molar-refractivity contribution is 7.22. The van der Waals surface area contributed by atoms with Gasteiger partial charge in [0.1, 0.15) is 10.2 Å². The second-order valence-electron chi connectivity index (χ2n) is 8.10. The van der Waals surface area contributed by atoms with Crippen molar-refractivity contribution in [2.75, 3.05) is 10.6 Å². The Kier molecular flexibility index (Phi) is 6.83. The van der Waals surface area contributed by atoms with Crippen LogP contribution in [0.3, 0.4) is 0 Å². The lowest BCUT2D eigenvalue weighted by molar-refractivity contribution is -0.117. The van der Waals surface area contributed by atoms with Crippen LogP contribution < -0.4 is 10.6 Å². The molecule has 2 amide bonds. The van der Waals surface area contributed by atoms with Crippen molar-refractivity contribution in [3.05, 3.63) is 86.6 Å². The molecule has 184 valence electrons. The molecule has 0 spiro atoms. The van der Waals surface area contributed by atoms with E-state index < -0.39 is 33.8 Å². The number of nitrogens with one attached hydrogen (secondary N) is 2. The van der Waals surface area contributed by atoms with E-state index in [1.54, 1.807) is 30.3 Å². The van der Waals surface area contributed by atoms with Gasteiger partial charge in [-0.3, -0.25) is 14.9 Å². The number of hydrogen-bond donors (Lipinski definition) is 2. The summed E-state index contributed by atoms with van der Waals surface area (Å²) in [6.45, 7) is 0. The monoisotopic (exact) mass is 601 g/mol. The summed E-state index contributed by atoms with van der Waals surface area (Å²) in [6, 6.07) is 13.5. The minimum absolute atomic E-state index is 0.108. The maximum Gasteiger partial charge on any atom is 0.259 e. The van der Waals surface area contributed by atoms with Crippen molar-refractivity contribution in [1.29, 1.82) is 0 Å². The number of anilines is 2. The van der Waals surface area contributed by atoms with Gasteiger partial charge in [-0.05, 0) is 54.1 Å². The van der Waals surface area contributed by atoms with Crippen LogP contribution in [0.1, 0.15) is 21.8 Å². The van der Waals surface area contributed by atoms with E-state index in [0.29, 0.717) is 31.5 Å². The quantitative estimate of drug-likeness (QED) is 0.226. The van der Waals surface area contributed by atoms with Crippen molar-refractivity contribution in [2.24, 2.45) is 5.92 Å². The maximum absolute atomic E-state index is 13.4. The molecule has 2 atom stereocenters. The van der Waals surface area contributed by atoms with Gasteiger partial charge in [0, 0.05) is 27.7 Å². The molecule has 0 bridgehead atoms. The Morgan fingerprint density at radius 3 is 2.39 bits per heavy atom. The van der Waals surface area contributed by atoms with E-state index in [1.807, 2.05) is 0 Å². The van der Waals surface area contributed by atoms with Gasteiger partial charge in [-0.1, -0.05) is 46.1 Å². The van der Waals surface area contributed by atoms with Gasteiger partial charge in [-0.25, -0.2) is 9.37 Å². The first-order chi connectivity index (χ1) is 17.0. The number of carbonyl (C=O) groups is 2. The largest absolute Gasteiger partial charge is 0.326 e. The Hall–Kier alpha value is -2.13. The third-order valence-electron chi connectivity index (χ3n) is 5.63. The number of thiazole rings is 1. The number of alkyl halides is 2. The topological polar surface area (TPSA) is 71.1 Å². The summed E-state index contributed by atoms with van der Waals surface area (Å²) >= 11 is 32.4. The van der Waals surface area contributed by atoms with E-state index in [4.69, 9.17) is 58.0 Å². The minimum Gasteiger partial charge on any atom is -0.326 e. The number of nitrogens with zero attached hydrogens (tertiary/aromatic N) is 1. The van der Waals surface area contributed by atoms with Gasteiger partial charge in [-0.2, -0.15) is 0 Å². The van der Waals surface area contributed by atoms with E-state index in [2.05, 4.69) is 15.6 Å². The van der Waals surface area contributed by atoms with Gasteiger partial charge >= 0.3 is 0 Å². The highest BCUT2D eigenvalue weighted by atomic mass is 35.5. The second-order valence-corrected chi connectivity index (χ2v) is 11.9. The number of hydrogen-bond acceptors (Lipinski definition) is 4. The SMILES string of the molecule is O=C(Nc1nc2cc(F)ccc2s1)c1cc(NC(=O)C2C(c3cc(Cl)cc(Cl)c3)C2(Cl)Cl)ccc1Cl. The minimum atomic E-state index is -1.35. The zero-order chi connectivity index (χ0) is 25.8. The Balaban J connectivity index is 1.33. The van der Waals surface area contributed by atoms with Crippen molar-refractivity contribution in [3.8, 4) is 0 Å². The van der Waals surface area contributed by atoms with Crippen LogP contribution in [0.2, 0.25) is 15.1 Å². The lowest BCUT2D eigenvalue weighted by Crippen LogP contribution is -2.18. The van der Waals surface area contributed by atoms with Crippen LogP contribution in [0.15, 0.2) is 54.6 Å². The standard InChI is InChI=1S/C24H13Cl5FN3O2S/c25-11-5-10(6-12(26)7-11)19-20(24(19,28)29)22(35)31-14-2-3-16(27)15(9-14)21(34)33-23-32-17-8-13(30)1-4-18(17)36-23/h1-9,19-20H,(H,31,35)(H,32,33,34). The zero-order valence-electron chi connectivity index (χ0n) is 17.8. The molecule has 0 aliphatic heterocycles. The van der Waals surface area contributed by atoms with Crippen LogP contribution in [-0.2, 0) is 4.79 Å². The summed E-state index contributed by atoms with van der Waals surface area (Å²) in [6.07, 6.45) is 0. The highest BCUT2D eigenvalue weighted by Crippen LogP contribution is 2.65. The van der Waals surface area contributed by atoms with E-state index in [0.717, 1.165) is 0 Å². The normalized spacial score (nSPS) is 18.2. The summed E-state index contributed by atoms with van der Waals surface area (Å²) < 4.78 is 12.8. The molecule has 1 aliphatic carbocycles. The lowest BCUT2D eigenvalue weighted by atomic mass is 10.1. The van der Waals surface area contributed by atoms with Gasteiger partial charge < -0.3 is 5.32 Å². The molecule has 1 heterocycles. The third-order valence-corrected chi connectivity index (χ3v) is 8.29. The Labute approximate surface area is 233 Å². The molecule has 1 aliphatic rings. The van der Waals surface area contributed by atoms with Crippen molar-refractivity contribution < 1.29 is 14.0 Å². The molecule has 0 radical (unpaired) electrons. The van der Waals surface area contributed by atoms with Crippen LogP contribution in [0, 0.1) is 11.7 Å². The zero-order valence-corrected chi connectivity index (χ0v) is 22.4. The summed E-state index contributed by atoms with van der Waals surface area (Å²) in [5, 5.41) is 6.64. The highest BCUT2D eigenvalue weighted by Gasteiger charge is 2.67. The molecule has 2 N–H and O–H groups in total. The molecule has 36 heavy (non-hydrogen) atoms. The first-order valence-corrected chi connectivity index (χ1v) is 13.1. The van der Waals surface area contributed by atoms with Crippen molar-refractivity contribution in [3.63, 3.8) is 0 Å². The summed E-state index contributed by atoms with van der Waals surface area (Å²) in [5.74, 6) is -2.70. The van der Waals surface area contributed by atoms with Crippen molar-refractivity contribution in [1.82, 2.24) is 4.98 Å².